The molecular weight excluding hydrogens is 202 g/mol. The first-order valence-electron chi connectivity index (χ1n) is 5.50. The van der Waals surface area contributed by atoms with Crippen molar-refractivity contribution in [2.75, 3.05) is 23.7 Å². The lowest BCUT2D eigenvalue weighted by Gasteiger charge is -2.35. The second-order valence-electron chi connectivity index (χ2n) is 4.20. The first-order valence-corrected chi connectivity index (χ1v) is 5.50. The molecule has 1 aliphatic heterocycles. The first kappa shape index (κ1) is 10.8. The molecule has 0 spiro atoms. The predicted octanol–water partition coefficient (Wildman–Crippen LogP) is 0.902. The molecule has 1 aromatic rings. The zero-order valence-corrected chi connectivity index (χ0v) is 9.66. The molecule has 4 heteroatoms. The quantitative estimate of drug-likeness (QED) is 0.690. The second kappa shape index (κ2) is 4.04. The molecule has 3 N–H and O–H groups in total. The van der Waals surface area contributed by atoms with Gasteiger partial charge in [-0.25, -0.2) is 0 Å². The number of aryl methyl sites for hydroxylation is 1. The number of carbonyl (C=O) groups is 1. The van der Waals surface area contributed by atoms with Crippen LogP contribution >= 0.6 is 0 Å². The van der Waals surface area contributed by atoms with E-state index in [1.54, 1.807) is 0 Å². The third-order valence-electron chi connectivity index (χ3n) is 3.08. The summed E-state index contributed by atoms with van der Waals surface area (Å²) in [5, 5.41) is 2.85. The van der Waals surface area contributed by atoms with Crippen LogP contribution in [0.5, 0.6) is 0 Å². The molecule has 1 amide bonds. The van der Waals surface area contributed by atoms with Crippen LogP contribution in [0.3, 0.4) is 0 Å². The Morgan fingerprint density at radius 2 is 2.25 bits per heavy atom. The van der Waals surface area contributed by atoms with Gasteiger partial charge < -0.3 is 16.0 Å². The normalized spacial score (nSPS) is 20.8. The number of nitrogens with one attached hydrogen (secondary N) is 1. The van der Waals surface area contributed by atoms with Crippen molar-refractivity contribution in [1.82, 2.24) is 5.32 Å². The molecule has 16 heavy (non-hydrogen) atoms. The number of hydrogen-bond acceptors (Lipinski definition) is 3. The van der Waals surface area contributed by atoms with E-state index in [1.807, 2.05) is 32.0 Å². The number of nitrogens with zero attached hydrogens (tertiary/aromatic N) is 1. The summed E-state index contributed by atoms with van der Waals surface area (Å²) in [6, 6.07) is 5.78. The molecule has 1 fully saturated rings. The Balaban J connectivity index is 2.29. The van der Waals surface area contributed by atoms with E-state index in [-0.39, 0.29) is 11.9 Å². The Bertz CT molecular complexity index is 417. The van der Waals surface area contributed by atoms with Gasteiger partial charge in [0.2, 0.25) is 5.91 Å². The minimum Gasteiger partial charge on any atom is -0.399 e. The summed E-state index contributed by atoms with van der Waals surface area (Å²) in [6.45, 7) is 5.44. The van der Waals surface area contributed by atoms with Crippen LogP contribution < -0.4 is 16.0 Å². The Morgan fingerprint density at radius 1 is 1.50 bits per heavy atom. The van der Waals surface area contributed by atoms with Gasteiger partial charge in [0.25, 0.3) is 0 Å². The number of amides is 1. The SMILES string of the molecule is Cc1cc(N2CCNC(=O)C2C)ccc1N. The third kappa shape index (κ3) is 1.83. The highest BCUT2D eigenvalue weighted by molar-refractivity contribution is 5.86. The number of piperazine rings is 1. The fourth-order valence-electron chi connectivity index (χ4n) is 1.97. The van der Waals surface area contributed by atoms with Gasteiger partial charge in [0.05, 0.1) is 0 Å². The van der Waals surface area contributed by atoms with E-state index < -0.39 is 0 Å². The van der Waals surface area contributed by atoms with Gasteiger partial charge in [-0.15, -0.1) is 0 Å². The minimum atomic E-state index is -0.114. The maximum Gasteiger partial charge on any atom is 0.242 e. The van der Waals surface area contributed by atoms with Gasteiger partial charge in [-0.3, -0.25) is 4.79 Å². The maximum absolute atomic E-state index is 11.6. The standard InChI is InChI=1S/C12H17N3O/c1-8-7-10(3-4-11(8)13)15-6-5-14-12(16)9(15)2/h3-4,7,9H,5-6,13H2,1-2H3,(H,14,16). The zero-order chi connectivity index (χ0) is 11.7. The largest absolute Gasteiger partial charge is 0.399 e. The fraction of sp³-hybridized carbons (Fsp3) is 0.417. The van der Waals surface area contributed by atoms with Crippen LogP contribution in [-0.4, -0.2) is 25.0 Å². The summed E-state index contributed by atoms with van der Waals surface area (Å²) in [7, 11) is 0. The lowest BCUT2D eigenvalue weighted by molar-refractivity contribution is -0.122. The molecule has 1 saturated heterocycles. The van der Waals surface area contributed by atoms with Gasteiger partial charge in [0.15, 0.2) is 0 Å². The summed E-state index contributed by atoms with van der Waals surface area (Å²) in [5.74, 6) is 0.0840. The summed E-state index contributed by atoms with van der Waals surface area (Å²) in [5.41, 5.74) is 8.69. The summed E-state index contributed by atoms with van der Waals surface area (Å²) in [6.07, 6.45) is 0. The summed E-state index contributed by atoms with van der Waals surface area (Å²) < 4.78 is 0. The van der Waals surface area contributed by atoms with Crippen molar-refractivity contribution in [3.63, 3.8) is 0 Å². The van der Waals surface area contributed by atoms with Crippen LogP contribution in [0.4, 0.5) is 11.4 Å². The van der Waals surface area contributed by atoms with Crippen molar-refractivity contribution < 1.29 is 4.79 Å². The Hall–Kier alpha value is -1.71. The number of anilines is 2. The van der Waals surface area contributed by atoms with Crippen molar-refractivity contribution in [3.8, 4) is 0 Å². The number of nitrogen functional groups attached to an aromatic ring is 1. The van der Waals surface area contributed by atoms with Crippen LogP contribution in [0.1, 0.15) is 12.5 Å². The molecule has 0 aliphatic carbocycles. The minimum absolute atomic E-state index is 0.0840. The van der Waals surface area contributed by atoms with Gasteiger partial charge in [-0.1, -0.05) is 0 Å². The van der Waals surface area contributed by atoms with Gasteiger partial charge in [0.1, 0.15) is 6.04 Å². The van der Waals surface area contributed by atoms with Crippen LogP contribution in [-0.2, 0) is 4.79 Å². The highest BCUT2D eigenvalue weighted by Gasteiger charge is 2.25. The molecule has 0 radical (unpaired) electrons. The van der Waals surface area contributed by atoms with Crippen LogP contribution in [0, 0.1) is 6.92 Å². The smallest absolute Gasteiger partial charge is 0.242 e. The number of hydrogen-bond donors (Lipinski definition) is 2. The van der Waals surface area contributed by atoms with E-state index >= 15 is 0 Å². The van der Waals surface area contributed by atoms with Crippen molar-refractivity contribution in [2.45, 2.75) is 19.9 Å². The van der Waals surface area contributed by atoms with Crippen molar-refractivity contribution in [1.29, 1.82) is 0 Å². The molecule has 0 aromatic heterocycles. The number of rotatable bonds is 1. The van der Waals surface area contributed by atoms with Crippen LogP contribution in [0.25, 0.3) is 0 Å². The molecule has 0 bridgehead atoms. The molecule has 1 atom stereocenters. The van der Waals surface area contributed by atoms with E-state index in [1.165, 1.54) is 0 Å². The molecule has 1 aromatic carbocycles. The lowest BCUT2D eigenvalue weighted by atomic mass is 10.1. The van der Waals surface area contributed by atoms with Gasteiger partial charge in [-0.2, -0.15) is 0 Å². The molecule has 1 aliphatic rings. The van der Waals surface area contributed by atoms with E-state index in [4.69, 9.17) is 5.73 Å². The van der Waals surface area contributed by atoms with Gasteiger partial charge in [0, 0.05) is 24.5 Å². The monoisotopic (exact) mass is 219 g/mol. The zero-order valence-electron chi connectivity index (χ0n) is 9.66. The molecule has 1 unspecified atom stereocenters. The van der Waals surface area contributed by atoms with Crippen LogP contribution in [0.2, 0.25) is 0 Å². The van der Waals surface area contributed by atoms with Crippen molar-refractivity contribution in [2.24, 2.45) is 0 Å². The van der Waals surface area contributed by atoms with E-state index in [0.29, 0.717) is 6.54 Å². The van der Waals surface area contributed by atoms with E-state index in [9.17, 15) is 4.79 Å². The Morgan fingerprint density at radius 3 is 2.94 bits per heavy atom. The van der Waals surface area contributed by atoms with E-state index in [0.717, 1.165) is 23.5 Å². The first-order chi connectivity index (χ1) is 7.59. The molecule has 0 saturated carbocycles. The lowest BCUT2D eigenvalue weighted by Crippen LogP contribution is -2.54. The average molecular weight is 219 g/mol. The number of carbonyl (C=O) groups excluding carboxylic acids is 1. The number of benzene rings is 1. The topological polar surface area (TPSA) is 58.4 Å². The predicted molar refractivity (Wildman–Crippen MR) is 65.4 cm³/mol. The fourth-order valence-corrected chi connectivity index (χ4v) is 1.97. The molecule has 2 rings (SSSR count). The van der Waals surface area contributed by atoms with Gasteiger partial charge in [-0.05, 0) is 37.6 Å². The highest BCUT2D eigenvalue weighted by atomic mass is 16.2. The summed E-state index contributed by atoms with van der Waals surface area (Å²) >= 11 is 0. The second-order valence-corrected chi connectivity index (χ2v) is 4.20. The van der Waals surface area contributed by atoms with Crippen molar-refractivity contribution >= 4 is 17.3 Å². The van der Waals surface area contributed by atoms with Crippen molar-refractivity contribution in [3.05, 3.63) is 23.8 Å². The Labute approximate surface area is 95.4 Å². The maximum atomic E-state index is 11.6. The van der Waals surface area contributed by atoms with E-state index in [2.05, 4.69) is 10.2 Å². The van der Waals surface area contributed by atoms with Crippen LogP contribution in [0.15, 0.2) is 18.2 Å². The molecule has 4 nitrogen and oxygen atoms in total. The summed E-state index contributed by atoms with van der Waals surface area (Å²) in [4.78, 5) is 13.7. The number of nitrogens with two attached hydrogens (primary N) is 1. The average Bonchev–Trinajstić information content (AvgIpc) is 2.26. The van der Waals surface area contributed by atoms with Gasteiger partial charge >= 0.3 is 0 Å². The highest BCUT2D eigenvalue weighted by Crippen LogP contribution is 2.23. The third-order valence-corrected chi connectivity index (χ3v) is 3.08. The molecule has 1 heterocycles. The molecular formula is C12H17N3O. The molecule has 86 valence electrons. The Kier molecular flexibility index (Phi) is 2.73.